The van der Waals surface area contributed by atoms with E-state index in [1.54, 1.807) is 31.3 Å². The number of amides is 1. The van der Waals surface area contributed by atoms with Gasteiger partial charge in [-0.3, -0.25) is 4.79 Å². The van der Waals surface area contributed by atoms with Gasteiger partial charge in [-0.15, -0.1) is 0 Å². The minimum atomic E-state index is -0.586. The zero-order chi connectivity index (χ0) is 20.6. The van der Waals surface area contributed by atoms with E-state index in [9.17, 15) is 9.59 Å². The molecule has 0 aromatic heterocycles. The summed E-state index contributed by atoms with van der Waals surface area (Å²) in [6.45, 7) is 0.0339. The van der Waals surface area contributed by atoms with Crippen LogP contribution in [0, 0.1) is 0 Å². The molecule has 0 spiro atoms. The van der Waals surface area contributed by atoms with Gasteiger partial charge in [-0.05, 0) is 43.2 Å². The first kappa shape index (κ1) is 20.5. The van der Waals surface area contributed by atoms with Crippen molar-refractivity contribution in [1.29, 1.82) is 0 Å². The largest absolute Gasteiger partial charge is 0.497 e. The van der Waals surface area contributed by atoms with Crippen LogP contribution in [0.4, 0.5) is 0 Å². The Balaban J connectivity index is 1.58. The molecule has 0 bridgehead atoms. The minimum Gasteiger partial charge on any atom is -0.497 e. The minimum absolute atomic E-state index is 0.146. The van der Waals surface area contributed by atoms with E-state index in [1.165, 1.54) is 0 Å². The Kier molecular flexibility index (Phi) is 6.94. The van der Waals surface area contributed by atoms with Crippen LogP contribution in [-0.2, 0) is 14.3 Å². The van der Waals surface area contributed by atoms with Gasteiger partial charge in [0.1, 0.15) is 17.2 Å². The van der Waals surface area contributed by atoms with Crippen molar-refractivity contribution in [3.8, 4) is 17.2 Å². The van der Waals surface area contributed by atoms with E-state index in [1.807, 2.05) is 36.4 Å². The standard InChI is InChI=1S/C22H25NO6/c1-26-17-10-11-20(27-2)18(13-17)19-9-6-12-23(19)21(24)14-29-22(25)15-28-16-7-4-3-5-8-16/h3-5,7-8,10-11,13,19H,6,9,12,14-15H2,1-2H3/t19-/m1/s1. The fourth-order valence-corrected chi connectivity index (χ4v) is 3.41. The second kappa shape index (κ2) is 9.82. The van der Waals surface area contributed by atoms with Gasteiger partial charge in [0.05, 0.1) is 20.3 Å². The summed E-state index contributed by atoms with van der Waals surface area (Å²) in [5.41, 5.74) is 0.886. The van der Waals surface area contributed by atoms with Gasteiger partial charge >= 0.3 is 5.97 Å². The first-order valence-corrected chi connectivity index (χ1v) is 9.47. The molecule has 29 heavy (non-hydrogen) atoms. The van der Waals surface area contributed by atoms with Crippen molar-refractivity contribution >= 4 is 11.9 Å². The maximum Gasteiger partial charge on any atom is 0.344 e. The lowest BCUT2D eigenvalue weighted by Crippen LogP contribution is -2.35. The molecule has 154 valence electrons. The van der Waals surface area contributed by atoms with Gasteiger partial charge in [0.2, 0.25) is 0 Å². The van der Waals surface area contributed by atoms with Crippen LogP contribution in [0.1, 0.15) is 24.4 Å². The molecule has 1 aliphatic rings. The zero-order valence-corrected chi connectivity index (χ0v) is 16.6. The lowest BCUT2D eigenvalue weighted by Gasteiger charge is -2.26. The molecular weight excluding hydrogens is 374 g/mol. The Morgan fingerprint density at radius 1 is 1.00 bits per heavy atom. The number of nitrogens with zero attached hydrogens (tertiary/aromatic N) is 1. The summed E-state index contributed by atoms with van der Waals surface area (Å²) in [6, 6.07) is 14.3. The van der Waals surface area contributed by atoms with E-state index in [0.717, 1.165) is 18.4 Å². The molecule has 1 saturated heterocycles. The summed E-state index contributed by atoms with van der Waals surface area (Å²) in [4.78, 5) is 26.3. The highest BCUT2D eigenvalue weighted by Gasteiger charge is 2.32. The highest BCUT2D eigenvalue weighted by Crippen LogP contribution is 2.38. The first-order valence-electron chi connectivity index (χ1n) is 9.47. The van der Waals surface area contributed by atoms with E-state index in [-0.39, 0.29) is 25.2 Å². The number of benzene rings is 2. The summed E-state index contributed by atoms with van der Waals surface area (Å²) in [7, 11) is 3.20. The van der Waals surface area contributed by atoms with Crippen molar-refractivity contribution in [3.05, 3.63) is 54.1 Å². The van der Waals surface area contributed by atoms with E-state index in [4.69, 9.17) is 18.9 Å². The van der Waals surface area contributed by atoms with Crippen LogP contribution in [0.3, 0.4) is 0 Å². The third-order valence-electron chi connectivity index (χ3n) is 4.83. The normalized spacial score (nSPS) is 15.7. The van der Waals surface area contributed by atoms with E-state index in [2.05, 4.69) is 0 Å². The van der Waals surface area contributed by atoms with Crippen molar-refractivity contribution in [2.45, 2.75) is 18.9 Å². The summed E-state index contributed by atoms with van der Waals surface area (Å²) < 4.78 is 21.2. The van der Waals surface area contributed by atoms with Gasteiger partial charge in [-0.25, -0.2) is 4.79 Å². The number of carbonyl (C=O) groups excluding carboxylic acids is 2. The summed E-state index contributed by atoms with van der Waals surface area (Å²) >= 11 is 0. The number of hydrogen-bond donors (Lipinski definition) is 0. The number of ether oxygens (including phenoxy) is 4. The molecule has 3 rings (SSSR count). The molecule has 1 fully saturated rings. The van der Waals surface area contributed by atoms with Crippen molar-refractivity contribution in [1.82, 2.24) is 4.90 Å². The van der Waals surface area contributed by atoms with Crippen molar-refractivity contribution in [3.63, 3.8) is 0 Å². The molecule has 1 atom stereocenters. The number of methoxy groups -OCH3 is 2. The van der Waals surface area contributed by atoms with Crippen LogP contribution in [0.2, 0.25) is 0 Å². The molecule has 2 aromatic carbocycles. The maximum atomic E-state index is 12.7. The Bertz CT molecular complexity index is 838. The van der Waals surface area contributed by atoms with Crippen LogP contribution in [-0.4, -0.2) is 50.8 Å². The maximum absolute atomic E-state index is 12.7. The number of carbonyl (C=O) groups is 2. The molecule has 1 heterocycles. The highest BCUT2D eigenvalue weighted by atomic mass is 16.6. The Morgan fingerprint density at radius 3 is 2.52 bits per heavy atom. The lowest BCUT2D eigenvalue weighted by atomic mass is 10.0. The van der Waals surface area contributed by atoms with E-state index < -0.39 is 5.97 Å². The highest BCUT2D eigenvalue weighted by molar-refractivity contribution is 5.81. The van der Waals surface area contributed by atoms with Crippen LogP contribution in [0.15, 0.2) is 48.5 Å². The molecule has 7 nitrogen and oxygen atoms in total. The van der Waals surface area contributed by atoms with Crippen molar-refractivity contribution < 1.29 is 28.5 Å². The third kappa shape index (κ3) is 5.19. The molecule has 0 aliphatic carbocycles. The van der Waals surface area contributed by atoms with Gasteiger partial charge in [-0.2, -0.15) is 0 Å². The fourth-order valence-electron chi connectivity index (χ4n) is 3.41. The van der Waals surface area contributed by atoms with Crippen LogP contribution in [0.25, 0.3) is 0 Å². The van der Waals surface area contributed by atoms with Gasteiger partial charge < -0.3 is 23.8 Å². The molecule has 0 N–H and O–H groups in total. The predicted molar refractivity (Wildman–Crippen MR) is 106 cm³/mol. The molecular formula is C22H25NO6. The van der Waals surface area contributed by atoms with E-state index >= 15 is 0 Å². The van der Waals surface area contributed by atoms with Gasteiger partial charge in [-0.1, -0.05) is 18.2 Å². The second-order valence-electron chi connectivity index (χ2n) is 6.62. The Labute approximate surface area is 170 Å². The smallest absolute Gasteiger partial charge is 0.344 e. The summed E-state index contributed by atoms with van der Waals surface area (Å²) in [6.07, 6.45) is 1.67. The van der Waals surface area contributed by atoms with Gasteiger partial charge in [0.15, 0.2) is 13.2 Å². The number of likely N-dealkylation sites (tertiary alicyclic amines) is 1. The number of hydrogen-bond acceptors (Lipinski definition) is 6. The predicted octanol–water partition coefficient (Wildman–Crippen LogP) is 2.99. The number of para-hydroxylation sites is 1. The van der Waals surface area contributed by atoms with Gasteiger partial charge in [0.25, 0.3) is 5.91 Å². The lowest BCUT2D eigenvalue weighted by molar-refractivity contribution is -0.154. The first-order chi connectivity index (χ1) is 14.1. The molecule has 7 heteroatoms. The number of esters is 1. The van der Waals surface area contributed by atoms with Crippen LogP contribution < -0.4 is 14.2 Å². The SMILES string of the molecule is COc1ccc(OC)c([C@H]2CCCN2C(=O)COC(=O)COc2ccccc2)c1. The molecule has 1 amide bonds. The summed E-state index contributed by atoms with van der Waals surface area (Å²) in [5.74, 6) is 1.14. The molecule has 0 unspecified atom stereocenters. The van der Waals surface area contributed by atoms with Gasteiger partial charge in [0, 0.05) is 12.1 Å². The fraction of sp³-hybridized carbons (Fsp3) is 0.364. The molecule has 0 radical (unpaired) electrons. The number of rotatable bonds is 8. The molecule has 0 saturated carbocycles. The van der Waals surface area contributed by atoms with Crippen molar-refractivity contribution in [2.24, 2.45) is 0 Å². The average molecular weight is 399 g/mol. The average Bonchev–Trinajstić information content (AvgIpc) is 3.26. The zero-order valence-electron chi connectivity index (χ0n) is 16.6. The molecule has 2 aromatic rings. The molecule has 1 aliphatic heterocycles. The topological polar surface area (TPSA) is 74.3 Å². The van der Waals surface area contributed by atoms with Crippen LogP contribution in [0.5, 0.6) is 17.2 Å². The monoisotopic (exact) mass is 399 g/mol. The second-order valence-corrected chi connectivity index (χ2v) is 6.62. The quantitative estimate of drug-likeness (QED) is 0.636. The summed E-state index contributed by atoms with van der Waals surface area (Å²) in [5, 5.41) is 0. The Hall–Kier alpha value is -3.22. The van der Waals surface area contributed by atoms with E-state index in [0.29, 0.717) is 23.8 Å². The van der Waals surface area contributed by atoms with Crippen LogP contribution >= 0.6 is 0 Å². The Morgan fingerprint density at radius 2 is 1.79 bits per heavy atom. The third-order valence-corrected chi connectivity index (χ3v) is 4.83. The van der Waals surface area contributed by atoms with Crippen molar-refractivity contribution in [2.75, 3.05) is 34.0 Å².